The first-order chi connectivity index (χ1) is 8.70. The van der Waals surface area contributed by atoms with E-state index in [1.165, 1.54) is 7.11 Å². The van der Waals surface area contributed by atoms with Crippen LogP contribution in [0.5, 0.6) is 0 Å². The van der Waals surface area contributed by atoms with Crippen LogP contribution in [0.3, 0.4) is 0 Å². The van der Waals surface area contributed by atoms with E-state index in [9.17, 15) is 9.90 Å². The van der Waals surface area contributed by atoms with Gasteiger partial charge >= 0.3 is 5.97 Å². The minimum Gasteiger partial charge on any atom is -0.467 e. The van der Waals surface area contributed by atoms with Crippen LogP contribution in [0.1, 0.15) is 18.5 Å². The van der Waals surface area contributed by atoms with Crippen LogP contribution < -0.4 is 0 Å². The van der Waals surface area contributed by atoms with Crippen molar-refractivity contribution < 1.29 is 19.2 Å². The number of likely N-dealkylation sites (tertiary alicyclic amines) is 1. The molecule has 1 unspecified atom stereocenters. The average Bonchev–Trinajstić information content (AvgIpc) is 2.91. The fourth-order valence-electron chi connectivity index (χ4n) is 2.29. The number of aliphatic hydroxyl groups is 1. The van der Waals surface area contributed by atoms with Gasteiger partial charge < -0.3 is 14.4 Å². The van der Waals surface area contributed by atoms with Crippen molar-refractivity contribution >= 4 is 5.97 Å². The van der Waals surface area contributed by atoms with E-state index in [0.29, 0.717) is 0 Å². The van der Waals surface area contributed by atoms with Gasteiger partial charge in [-0.2, -0.15) is 0 Å². The number of aliphatic hydroxyl groups excluding tert-OH is 1. The van der Waals surface area contributed by atoms with Crippen LogP contribution in [0, 0.1) is 5.92 Å². The molecule has 100 valence electrons. The third kappa shape index (κ3) is 3.08. The van der Waals surface area contributed by atoms with E-state index in [2.05, 4.69) is 14.8 Å². The quantitative estimate of drug-likeness (QED) is 0.785. The maximum atomic E-state index is 11.2. The molecule has 6 heteroatoms. The smallest absolute Gasteiger partial charge is 0.334 e. The molecule has 1 aromatic heterocycles. The van der Waals surface area contributed by atoms with E-state index in [1.54, 1.807) is 6.26 Å². The zero-order valence-corrected chi connectivity index (χ0v) is 10.4. The Bertz CT molecular complexity index is 371. The van der Waals surface area contributed by atoms with Crippen molar-refractivity contribution in [3.05, 3.63) is 18.0 Å². The third-order valence-corrected chi connectivity index (χ3v) is 3.40. The highest BCUT2D eigenvalue weighted by molar-refractivity contribution is 5.74. The maximum absolute atomic E-state index is 11.2. The van der Waals surface area contributed by atoms with E-state index in [0.717, 1.165) is 38.2 Å². The highest BCUT2D eigenvalue weighted by Crippen LogP contribution is 2.22. The van der Waals surface area contributed by atoms with Crippen molar-refractivity contribution in [2.45, 2.75) is 25.5 Å². The summed E-state index contributed by atoms with van der Waals surface area (Å²) in [7, 11) is 1.30. The number of ether oxygens (including phenoxy) is 1. The second kappa shape index (κ2) is 5.97. The van der Waals surface area contributed by atoms with E-state index in [-0.39, 0.29) is 5.92 Å². The minimum absolute atomic E-state index is 0.00833. The lowest BCUT2D eigenvalue weighted by atomic mass is 9.91. The van der Waals surface area contributed by atoms with Gasteiger partial charge in [0.15, 0.2) is 6.10 Å². The van der Waals surface area contributed by atoms with Crippen LogP contribution >= 0.6 is 0 Å². The number of rotatable bonds is 4. The Balaban J connectivity index is 1.79. The Morgan fingerprint density at radius 1 is 1.67 bits per heavy atom. The van der Waals surface area contributed by atoms with Crippen molar-refractivity contribution in [3.8, 4) is 0 Å². The van der Waals surface area contributed by atoms with Crippen LogP contribution in [-0.2, 0) is 16.1 Å². The normalized spacial score (nSPS) is 19.7. The van der Waals surface area contributed by atoms with Gasteiger partial charge in [-0.05, 0) is 31.8 Å². The van der Waals surface area contributed by atoms with Crippen molar-refractivity contribution in [1.82, 2.24) is 10.1 Å². The van der Waals surface area contributed by atoms with Gasteiger partial charge in [-0.15, -0.1) is 0 Å². The van der Waals surface area contributed by atoms with Gasteiger partial charge in [-0.1, -0.05) is 5.16 Å². The second-order valence-electron chi connectivity index (χ2n) is 4.57. The number of aromatic nitrogens is 1. The van der Waals surface area contributed by atoms with Crippen molar-refractivity contribution in [1.29, 1.82) is 0 Å². The van der Waals surface area contributed by atoms with Crippen LogP contribution in [0.15, 0.2) is 16.9 Å². The molecule has 0 spiro atoms. The van der Waals surface area contributed by atoms with Gasteiger partial charge in [0.1, 0.15) is 6.26 Å². The summed E-state index contributed by atoms with van der Waals surface area (Å²) < 4.78 is 9.34. The first-order valence-corrected chi connectivity index (χ1v) is 6.08. The Morgan fingerprint density at radius 3 is 2.94 bits per heavy atom. The Hall–Kier alpha value is -1.40. The number of nitrogens with zero attached hydrogens (tertiary/aromatic N) is 2. The van der Waals surface area contributed by atoms with Crippen LogP contribution in [0.2, 0.25) is 0 Å². The molecule has 1 aliphatic rings. The van der Waals surface area contributed by atoms with Gasteiger partial charge in [0, 0.05) is 12.6 Å². The minimum atomic E-state index is -0.996. The van der Waals surface area contributed by atoms with Gasteiger partial charge in [0.2, 0.25) is 0 Å². The lowest BCUT2D eigenvalue weighted by molar-refractivity contribution is -0.154. The SMILES string of the molecule is COC(=O)C(O)C1CCN(Cc2ccon2)CC1. The van der Waals surface area contributed by atoms with E-state index >= 15 is 0 Å². The third-order valence-electron chi connectivity index (χ3n) is 3.40. The first-order valence-electron chi connectivity index (χ1n) is 6.08. The Morgan fingerprint density at radius 2 is 2.39 bits per heavy atom. The largest absolute Gasteiger partial charge is 0.467 e. The molecule has 0 bridgehead atoms. The molecule has 1 N–H and O–H groups in total. The molecular formula is C12H18N2O4. The molecular weight excluding hydrogens is 236 g/mol. The van der Waals surface area contributed by atoms with E-state index in [4.69, 9.17) is 4.52 Å². The lowest BCUT2D eigenvalue weighted by Gasteiger charge is -2.32. The number of piperidine rings is 1. The molecule has 0 saturated carbocycles. The fraction of sp³-hybridized carbons (Fsp3) is 0.667. The van der Waals surface area contributed by atoms with Crippen LogP contribution in [-0.4, -0.2) is 47.4 Å². The highest BCUT2D eigenvalue weighted by Gasteiger charge is 2.30. The monoisotopic (exact) mass is 254 g/mol. The molecule has 0 aliphatic carbocycles. The standard InChI is InChI=1S/C12H18N2O4/c1-17-12(16)11(15)9-2-5-14(6-3-9)8-10-4-7-18-13-10/h4,7,9,11,15H,2-3,5-6,8H2,1H3. The molecule has 0 amide bonds. The summed E-state index contributed by atoms with van der Waals surface area (Å²) in [5.74, 6) is -0.545. The second-order valence-corrected chi connectivity index (χ2v) is 4.57. The molecule has 1 aliphatic heterocycles. The lowest BCUT2D eigenvalue weighted by Crippen LogP contribution is -2.40. The van der Waals surface area contributed by atoms with Gasteiger partial charge in [0.05, 0.1) is 12.8 Å². The molecule has 2 rings (SSSR count). The molecule has 1 aromatic rings. The predicted octanol–water partition coefficient (Wildman–Crippen LogP) is 0.420. The van der Waals surface area contributed by atoms with Gasteiger partial charge in [-0.3, -0.25) is 4.90 Å². The number of methoxy groups -OCH3 is 1. The number of esters is 1. The average molecular weight is 254 g/mol. The molecule has 6 nitrogen and oxygen atoms in total. The van der Waals surface area contributed by atoms with Crippen molar-refractivity contribution in [3.63, 3.8) is 0 Å². The molecule has 2 heterocycles. The summed E-state index contributed by atoms with van der Waals surface area (Å²) in [6.45, 7) is 2.43. The molecule has 1 saturated heterocycles. The van der Waals surface area contributed by atoms with Crippen molar-refractivity contribution in [2.75, 3.05) is 20.2 Å². The summed E-state index contributed by atoms with van der Waals surface area (Å²) in [5.41, 5.74) is 0.905. The summed E-state index contributed by atoms with van der Waals surface area (Å²) in [6, 6.07) is 1.84. The number of carbonyl (C=O) groups is 1. The fourth-order valence-corrected chi connectivity index (χ4v) is 2.29. The van der Waals surface area contributed by atoms with Gasteiger partial charge in [-0.25, -0.2) is 4.79 Å². The Kier molecular flexibility index (Phi) is 4.33. The van der Waals surface area contributed by atoms with E-state index in [1.807, 2.05) is 6.07 Å². The highest BCUT2D eigenvalue weighted by atomic mass is 16.5. The number of hydrogen-bond donors (Lipinski definition) is 1. The maximum Gasteiger partial charge on any atom is 0.334 e. The topological polar surface area (TPSA) is 75.8 Å². The zero-order valence-electron chi connectivity index (χ0n) is 10.4. The summed E-state index contributed by atoms with van der Waals surface area (Å²) in [4.78, 5) is 13.5. The summed E-state index contributed by atoms with van der Waals surface area (Å²) >= 11 is 0. The molecule has 0 aromatic carbocycles. The number of hydrogen-bond acceptors (Lipinski definition) is 6. The van der Waals surface area contributed by atoms with E-state index < -0.39 is 12.1 Å². The summed E-state index contributed by atoms with van der Waals surface area (Å²) in [6.07, 6.45) is 2.13. The first kappa shape index (κ1) is 13.0. The molecule has 1 fully saturated rings. The molecule has 1 atom stereocenters. The van der Waals surface area contributed by atoms with Crippen LogP contribution in [0.4, 0.5) is 0 Å². The van der Waals surface area contributed by atoms with Crippen LogP contribution in [0.25, 0.3) is 0 Å². The zero-order chi connectivity index (χ0) is 13.0. The number of carbonyl (C=O) groups excluding carboxylic acids is 1. The van der Waals surface area contributed by atoms with Crippen molar-refractivity contribution in [2.24, 2.45) is 5.92 Å². The van der Waals surface area contributed by atoms with Gasteiger partial charge in [0.25, 0.3) is 0 Å². The molecule has 18 heavy (non-hydrogen) atoms. The summed E-state index contributed by atoms with van der Waals surface area (Å²) in [5, 5.41) is 13.6. The molecule has 0 radical (unpaired) electrons. The Labute approximate surface area is 106 Å². The predicted molar refractivity (Wildman–Crippen MR) is 62.5 cm³/mol.